The number of anilines is 1. The van der Waals surface area contributed by atoms with Crippen molar-refractivity contribution < 1.29 is 42.9 Å². The van der Waals surface area contributed by atoms with E-state index in [9.17, 15) is 24.4 Å². The molecule has 15 heteroatoms. The minimum Gasteiger partial charge on any atom is -0.462 e. The van der Waals surface area contributed by atoms with Gasteiger partial charge in [-0.1, -0.05) is 41.5 Å². The number of hydrogen-bond acceptors (Lipinski definition) is 13. The van der Waals surface area contributed by atoms with Crippen LogP contribution in [-0.2, 0) is 42.9 Å². The number of aromatic nitrogens is 3. The van der Waals surface area contributed by atoms with E-state index in [0.717, 1.165) is 0 Å². The molecule has 3 rings (SSSR count). The number of carbonyl (C=O) groups is 4. The molecule has 0 aromatic carbocycles. The number of hydrogen-bond donors (Lipinski definition) is 2. The van der Waals surface area contributed by atoms with Crippen LogP contribution in [0.2, 0.25) is 0 Å². The summed E-state index contributed by atoms with van der Waals surface area (Å²) in [4.78, 5) is 54.8. The molecule has 1 amide bonds. The minimum atomic E-state index is -1.95. The normalized spacial score (nSPS) is 21.9. The SMILES string of the molecule is CC(C)OC(=O)[C@H](C)NCOC[C@@]1(C#N)O[C@@H](c2ccc3c(NC(=O)C(C)C)ncnn23)[C@H](OC(=O)C(C)C)[C@@H]1OC(=O)C(C)C. The Bertz CT molecular complexity index is 1450. The lowest BCUT2D eigenvalue weighted by atomic mass is 9.95. The lowest BCUT2D eigenvalue weighted by Gasteiger charge is -2.29. The van der Waals surface area contributed by atoms with Crippen molar-refractivity contribution in [2.45, 2.75) is 98.4 Å². The first-order valence-corrected chi connectivity index (χ1v) is 15.3. The zero-order valence-corrected chi connectivity index (χ0v) is 27.7. The number of amides is 1. The summed E-state index contributed by atoms with van der Waals surface area (Å²) >= 11 is 0. The summed E-state index contributed by atoms with van der Waals surface area (Å²) < 4.78 is 30.5. The molecule has 0 aliphatic carbocycles. The van der Waals surface area contributed by atoms with Gasteiger partial charge in [-0.05, 0) is 32.9 Å². The number of nitrogens with one attached hydrogen (secondary N) is 2. The van der Waals surface area contributed by atoms with Gasteiger partial charge in [0.1, 0.15) is 30.1 Å². The molecule has 2 aromatic heterocycles. The molecule has 2 N–H and O–H groups in total. The van der Waals surface area contributed by atoms with Crippen molar-refractivity contribution in [1.82, 2.24) is 19.9 Å². The van der Waals surface area contributed by atoms with E-state index < -0.39 is 66.3 Å². The molecule has 252 valence electrons. The molecular formula is C31H44N6O9. The molecule has 0 bridgehead atoms. The first-order chi connectivity index (χ1) is 21.6. The Kier molecular flexibility index (Phi) is 12.2. The van der Waals surface area contributed by atoms with Crippen LogP contribution >= 0.6 is 0 Å². The van der Waals surface area contributed by atoms with Crippen molar-refractivity contribution in [2.24, 2.45) is 17.8 Å². The average molecular weight is 645 g/mol. The highest BCUT2D eigenvalue weighted by atomic mass is 16.7. The van der Waals surface area contributed by atoms with Gasteiger partial charge >= 0.3 is 17.9 Å². The zero-order chi connectivity index (χ0) is 34.3. The smallest absolute Gasteiger partial charge is 0.323 e. The highest BCUT2D eigenvalue weighted by Crippen LogP contribution is 2.44. The molecule has 3 heterocycles. The topological polar surface area (TPSA) is 192 Å². The number of fused-ring (bicyclic) bond motifs is 1. The molecule has 1 aliphatic heterocycles. The Balaban J connectivity index is 2.03. The molecule has 1 aliphatic rings. The Morgan fingerprint density at radius 1 is 0.978 bits per heavy atom. The summed E-state index contributed by atoms with van der Waals surface area (Å²) in [6.07, 6.45) is -2.95. The van der Waals surface area contributed by atoms with Gasteiger partial charge in [-0.3, -0.25) is 24.5 Å². The van der Waals surface area contributed by atoms with Crippen LogP contribution in [0.5, 0.6) is 0 Å². The van der Waals surface area contributed by atoms with Crippen LogP contribution < -0.4 is 10.6 Å². The predicted octanol–water partition coefficient (Wildman–Crippen LogP) is 2.70. The highest BCUT2D eigenvalue weighted by Gasteiger charge is 2.61. The van der Waals surface area contributed by atoms with E-state index in [0.29, 0.717) is 11.2 Å². The molecule has 5 atom stereocenters. The summed E-state index contributed by atoms with van der Waals surface area (Å²) in [5.41, 5.74) is -1.20. The van der Waals surface area contributed by atoms with Crippen LogP contribution in [0.3, 0.4) is 0 Å². The molecule has 2 aromatic rings. The van der Waals surface area contributed by atoms with Gasteiger partial charge < -0.3 is 29.0 Å². The molecular weight excluding hydrogens is 600 g/mol. The van der Waals surface area contributed by atoms with Gasteiger partial charge in [-0.15, -0.1) is 0 Å². The maximum atomic E-state index is 13.0. The van der Waals surface area contributed by atoms with Gasteiger partial charge in [0.2, 0.25) is 11.5 Å². The van der Waals surface area contributed by atoms with Gasteiger partial charge in [0, 0.05) is 5.92 Å². The van der Waals surface area contributed by atoms with Crippen molar-refractivity contribution >= 4 is 35.1 Å². The molecule has 0 saturated carbocycles. The molecule has 1 saturated heterocycles. The largest absolute Gasteiger partial charge is 0.462 e. The zero-order valence-electron chi connectivity index (χ0n) is 27.7. The van der Waals surface area contributed by atoms with Crippen molar-refractivity contribution in [3.63, 3.8) is 0 Å². The highest BCUT2D eigenvalue weighted by molar-refractivity contribution is 5.94. The second-order valence-corrected chi connectivity index (χ2v) is 12.3. The monoisotopic (exact) mass is 644 g/mol. The molecule has 0 unspecified atom stereocenters. The van der Waals surface area contributed by atoms with Gasteiger partial charge in [0.05, 0.1) is 37.0 Å². The summed E-state index contributed by atoms with van der Waals surface area (Å²) in [6.45, 7) is 14.5. The van der Waals surface area contributed by atoms with E-state index in [4.69, 9.17) is 23.7 Å². The first-order valence-electron chi connectivity index (χ1n) is 15.3. The maximum absolute atomic E-state index is 13.0. The van der Waals surface area contributed by atoms with E-state index in [2.05, 4.69) is 26.8 Å². The first kappa shape index (κ1) is 36.3. The minimum absolute atomic E-state index is 0.187. The Morgan fingerprint density at radius 3 is 2.22 bits per heavy atom. The average Bonchev–Trinajstić information content (AvgIpc) is 3.54. The van der Waals surface area contributed by atoms with Crippen LogP contribution in [0, 0.1) is 29.1 Å². The third kappa shape index (κ3) is 8.36. The van der Waals surface area contributed by atoms with Crippen molar-refractivity contribution in [2.75, 3.05) is 18.7 Å². The summed E-state index contributed by atoms with van der Waals surface area (Å²) in [5, 5.41) is 20.5. The maximum Gasteiger partial charge on any atom is 0.323 e. The fourth-order valence-corrected chi connectivity index (χ4v) is 4.40. The predicted molar refractivity (Wildman–Crippen MR) is 163 cm³/mol. The van der Waals surface area contributed by atoms with Gasteiger partial charge in [0.25, 0.3) is 0 Å². The van der Waals surface area contributed by atoms with Crippen LogP contribution in [0.15, 0.2) is 18.5 Å². The van der Waals surface area contributed by atoms with E-state index in [1.54, 1.807) is 74.4 Å². The summed E-state index contributed by atoms with van der Waals surface area (Å²) in [6, 6.07) is 4.66. The summed E-state index contributed by atoms with van der Waals surface area (Å²) in [7, 11) is 0. The molecule has 46 heavy (non-hydrogen) atoms. The van der Waals surface area contributed by atoms with Gasteiger partial charge in [-0.25, -0.2) is 9.50 Å². The quantitative estimate of drug-likeness (QED) is 0.132. The van der Waals surface area contributed by atoms with Crippen LogP contribution in [0.25, 0.3) is 5.52 Å². The Morgan fingerprint density at radius 2 is 1.63 bits per heavy atom. The molecule has 15 nitrogen and oxygen atoms in total. The lowest BCUT2D eigenvalue weighted by Crippen LogP contribution is -2.50. The molecule has 0 spiro atoms. The standard InChI is InChI=1S/C31H44N6O9/c1-16(2)27(38)36-26-22-11-10-21(37(22)35-14-33-26)23-24(44-28(39)17(3)4)25(45-29(40)18(5)6)31(12-32,46-23)13-42-15-34-20(9)30(41)43-19(7)8/h10-11,14,16-20,23-25,34H,13,15H2,1-9H3,(H,33,35,36,38)/t20-,23-,24-,25-,31+/m0/s1. The third-order valence-corrected chi connectivity index (χ3v) is 7.07. The number of esters is 3. The third-order valence-electron chi connectivity index (χ3n) is 7.07. The number of ether oxygens (including phenoxy) is 5. The van der Waals surface area contributed by atoms with Crippen LogP contribution in [0.1, 0.15) is 74.1 Å². The lowest BCUT2D eigenvalue weighted by molar-refractivity contribution is -0.175. The van der Waals surface area contributed by atoms with Crippen LogP contribution in [-0.4, -0.2) is 81.7 Å². The number of carbonyl (C=O) groups excluding carboxylic acids is 4. The van der Waals surface area contributed by atoms with E-state index >= 15 is 0 Å². The van der Waals surface area contributed by atoms with Crippen molar-refractivity contribution in [3.05, 3.63) is 24.2 Å². The molecule has 0 radical (unpaired) electrons. The van der Waals surface area contributed by atoms with Gasteiger partial charge in [-0.2, -0.15) is 10.4 Å². The second kappa shape index (κ2) is 15.4. The second-order valence-electron chi connectivity index (χ2n) is 12.3. The van der Waals surface area contributed by atoms with E-state index in [1.807, 2.05) is 0 Å². The fourth-order valence-electron chi connectivity index (χ4n) is 4.40. The fraction of sp³-hybridized carbons (Fsp3) is 0.645. The Labute approximate surface area is 268 Å². The van der Waals surface area contributed by atoms with Crippen LogP contribution in [0.4, 0.5) is 5.82 Å². The number of nitrogens with zero attached hydrogens (tertiary/aromatic N) is 4. The Hall–Kier alpha value is -4.13. The van der Waals surface area contributed by atoms with E-state index in [-0.39, 0.29) is 30.5 Å². The van der Waals surface area contributed by atoms with Gasteiger partial charge in [0.15, 0.2) is 18.0 Å². The number of rotatable bonds is 14. The van der Waals surface area contributed by atoms with Crippen molar-refractivity contribution in [1.29, 1.82) is 5.26 Å². The number of nitriles is 1. The van der Waals surface area contributed by atoms with Crippen molar-refractivity contribution in [3.8, 4) is 6.07 Å². The summed E-state index contributed by atoms with van der Waals surface area (Å²) in [5.74, 6) is -3.22. The van der Waals surface area contributed by atoms with E-state index in [1.165, 1.54) is 10.8 Å². The molecule has 1 fully saturated rings.